The van der Waals surface area contributed by atoms with Crippen molar-refractivity contribution in [2.75, 3.05) is 5.73 Å². The third kappa shape index (κ3) is 3.49. The number of anilines is 1. The van der Waals surface area contributed by atoms with Gasteiger partial charge in [-0.25, -0.2) is 0 Å². The summed E-state index contributed by atoms with van der Waals surface area (Å²) in [6.07, 6.45) is 0. The number of ether oxygens (including phenoxy) is 1. The highest BCUT2D eigenvalue weighted by atomic mass is 79.9. The highest BCUT2D eigenvalue weighted by Crippen LogP contribution is 2.29. The molecule has 0 aliphatic heterocycles. The monoisotopic (exact) mass is 433 g/mol. The van der Waals surface area contributed by atoms with Gasteiger partial charge in [0.15, 0.2) is 0 Å². The van der Waals surface area contributed by atoms with Crippen molar-refractivity contribution < 1.29 is 4.74 Å². The molecular formula is C13H10Br3NO. The van der Waals surface area contributed by atoms with E-state index in [-0.39, 0.29) is 0 Å². The highest BCUT2D eigenvalue weighted by molar-refractivity contribution is 9.11. The van der Waals surface area contributed by atoms with Crippen molar-refractivity contribution in [3.63, 3.8) is 0 Å². The molecule has 18 heavy (non-hydrogen) atoms. The molecule has 0 radical (unpaired) electrons. The number of hydrogen-bond donors (Lipinski definition) is 1. The van der Waals surface area contributed by atoms with Gasteiger partial charge in [-0.2, -0.15) is 0 Å². The van der Waals surface area contributed by atoms with Crippen molar-refractivity contribution in [1.29, 1.82) is 0 Å². The standard InChI is InChI=1S/C13H10Br3NO/c14-9-2-4-13(11(16)6-9)18-7-8-1-3-10(15)12(17)5-8/h1-6H,7,17H2. The van der Waals surface area contributed by atoms with E-state index in [0.717, 1.165) is 24.7 Å². The summed E-state index contributed by atoms with van der Waals surface area (Å²) in [6, 6.07) is 11.6. The molecular weight excluding hydrogens is 426 g/mol. The third-order valence-corrected chi connectivity index (χ3v) is 4.18. The van der Waals surface area contributed by atoms with E-state index in [0.29, 0.717) is 12.3 Å². The molecule has 2 N–H and O–H groups in total. The van der Waals surface area contributed by atoms with Crippen molar-refractivity contribution >= 4 is 53.5 Å². The number of rotatable bonds is 3. The quantitative estimate of drug-likeness (QED) is 0.678. The van der Waals surface area contributed by atoms with Gasteiger partial charge < -0.3 is 10.5 Å². The van der Waals surface area contributed by atoms with E-state index >= 15 is 0 Å². The molecule has 0 spiro atoms. The maximum atomic E-state index is 5.82. The Balaban J connectivity index is 2.09. The molecule has 0 unspecified atom stereocenters. The van der Waals surface area contributed by atoms with Crippen molar-refractivity contribution in [2.24, 2.45) is 0 Å². The first-order valence-electron chi connectivity index (χ1n) is 5.18. The Labute approximate surface area is 131 Å². The van der Waals surface area contributed by atoms with Crippen LogP contribution in [0, 0.1) is 0 Å². The highest BCUT2D eigenvalue weighted by Gasteiger charge is 2.03. The van der Waals surface area contributed by atoms with E-state index in [4.69, 9.17) is 10.5 Å². The van der Waals surface area contributed by atoms with Crippen LogP contribution in [0.5, 0.6) is 5.75 Å². The molecule has 0 fully saturated rings. The Morgan fingerprint density at radius 2 is 1.72 bits per heavy atom. The lowest BCUT2D eigenvalue weighted by molar-refractivity contribution is 0.304. The first-order chi connectivity index (χ1) is 8.56. The lowest BCUT2D eigenvalue weighted by Crippen LogP contribution is -1.97. The summed E-state index contributed by atoms with van der Waals surface area (Å²) in [6.45, 7) is 0.484. The van der Waals surface area contributed by atoms with Crippen LogP contribution in [-0.2, 0) is 6.61 Å². The SMILES string of the molecule is Nc1cc(COc2ccc(Br)cc2Br)ccc1Br. The molecule has 0 saturated carbocycles. The van der Waals surface area contributed by atoms with Crippen LogP contribution in [0.1, 0.15) is 5.56 Å². The van der Waals surface area contributed by atoms with E-state index in [1.165, 1.54) is 0 Å². The van der Waals surface area contributed by atoms with Gasteiger partial charge in [0.2, 0.25) is 0 Å². The van der Waals surface area contributed by atoms with Gasteiger partial charge in [-0.3, -0.25) is 0 Å². The second kappa shape index (κ2) is 6.08. The number of benzene rings is 2. The van der Waals surface area contributed by atoms with Crippen molar-refractivity contribution in [2.45, 2.75) is 6.61 Å². The Morgan fingerprint density at radius 3 is 2.39 bits per heavy atom. The van der Waals surface area contributed by atoms with Crippen LogP contribution >= 0.6 is 47.8 Å². The summed E-state index contributed by atoms with van der Waals surface area (Å²) in [5, 5.41) is 0. The Kier molecular flexibility index (Phi) is 4.70. The zero-order valence-corrected chi connectivity index (χ0v) is 14.0. The molecule has 0 saturated heterocycles. The van der Waals surface area contributed by atoms with Crippen LogP contribution < -0.4 is 10.5 Å². The number of hydrogen-bond acceptors (Lipinski definition) is 2. The fraction of sp³-hybridized carbons (Fsp3) is 0.0769. The molecule has 0 aliphatic carbocycles. The summed E-state index contributed by atoms with van der Waals surface area (Å²) >= 11 is 10.2. The summed E-state index contributed by atoms with van der Waals surface area (Å²) in [4.78, 5) is 0. The summed E-state index contributed by atoms with van der Waals surface area (Å²) in [5.74, 6) is 0.805. The molecule has 2 aromatic rings. The van der Waals surface area contributed by atoms with Crippen LogP contribution in [0.25, 0.3) is 0 Å². The second-order valence-corrected chi connectivity index (χ2v) is 6.34. The Hall–Kier alpha value is -0.520. The number of halogens is 3. The van der Waals surface area contributed by atoms with Crippen molar-refractivity contribution in [3.05, 3.63) is 55.4 Å². The average Bonchev–Trinajstić information content (AvgIpc) is 2.32. The number of nitrogens with two attached hydrogens (primary N) is 1. The molecule has 2 nitrogen and oxygen atoms in total. The Morgan fingerprint density at radius 1 is 0.944 bits per heavy atom. The fourth-order valence-electron chi connectivity index (χ4n) is 1.44. The minimum Gasteiger partial charge on any atom is -0.488 e. The average molecular weight is 436 g/mol. The van der Waals surface area contributed by atoms with Crippen LogP contribution in [0.15, 0.2) is 49.8 Å². The molecule has 2 rings (SSSR count). The number of nitrogen functional groups attached to an aromatic ring is 1. The molecule has 2 aromatic carbocycles. The molecule has 0 atom stereocenters. The van der Waals surface area contributed by atoms with E-state index in [2.05, 4.69) is 47.8 Å². The minimum atomic E-state index is 0.484. The summed E-state index contributed by atoms with van der Waals surface area (Å²) < 4.78 is 8.56. The zero-order valence-electron chi connectivity index (χ0n) is 9.29. The molecule has 0 heterocycles. The first-order valence-corrected chi connectivity index (χ1v) is 7.56. The van der Waals surface area contributed by atoms with Gasteiger partial charge in [-0.05, 0) is 67.8 Å². The van der Waals surface area contributed by atoms with Gasteiger partial charge in [0.05, 0.1) is 4.47 Å². The molecule has 94 valence electrons. The van der Waals surface area contributed by atoms with Crippen LogP contribution in [0.2, 0.25) is 0 Å². The van der Waals surface area contributed by atoms with Crippen LogP contribution in [0.4, 0.5) is 5.69 Å². The van der Waals surface area contributed by atoms with E-state index in [9.17, 15) is 0 Å². The smallest absolute Gasteiger partial charge is 0.134 e. The van der Waals surface area contributed by atoms with Crippen LogP contribution in [-0.4, -0.2) is 0 Å². The third-order valence-electron chi connectivity index (χ3n) is 2.35. The summed E-state index contributed by atoms with van der Waals surface area (Å²) in [7, 11) is 0. The predicted octanol–water partition coefficient (Wildman–Crippen LogP) is 5.14. The van der Waals surface area contributed by atoms with Crippen molar-refractivity contribution in [3.8, 4) is 5.75 Å². The normalized spacial score (nSPS) is 10.4. The molecule has 0 bridgehead atoms. The van der Waals surface area contributed by atoms with Gasteiger partial charge in [-0.1, -0.05) is 22.0 Å². The van der Waals surface area contributed by atoms with E-state index in [1.807, 2.05) is 36.4 Å². The van der Waals surface area contributed by atoms with E-state index in [1.54, 1.807) is 0 Å². The van der Waals surface area contributed by atoms with Gasteiger partial charge in [0, 0.05) is 14.6 Å². The molecule has 5 heteroatoms. The first kappa shape index (κ1) is 13.9. The maximum Gasteiger partial charge on any atom is 0.134 e. The minimum absolute atomic E-state index is 0.484. The van der Waals surface area contributed by atoms with Crippen LogP contribution in [0.3, 0.4) is 0 Å². The zero-order chi connectivity index (χ0) is 13.1. The topological polar surface area (TPSA) is 35.2 Å². The molecule has 0 aliphatic rings. The fourth-order valence-corrected chi connectivity index (χ4v) is 2.84. The molecule has 0 aromatic heterocycles. The van der Waals surface area contributed by atoms with E-state index < -0.39 is 0 Å². The van der Waals surface area contributed by atoms with Gasteiger partial charge >= 0.3 is 0 Å². The van der Waals surface area contributed by atoms with Gasteiger partial charge in [0.25, 0.3) is 0 Å². The summed E-state index contributed by atoms with van der Waals surface area (Å²) in [5.41, 5.74) is 7.57. The molecule has 0 amide bonds. The Bertz CT molecular complexity index is 572. The predicted molar refractivity (Wildman–Crippen MR) is 84.7 cm³/mol. The maximum absolute atomic E-state index is 5.82. The largest absolute Gasteiger partial charge is 0.488 e. The van der Waals surface area contributed by atoms with Crippen molar-refractivity contribution in [1.82, 2.24) is 0 Å². The lowest BCUT2D eigenvalue weighted by atomic mass is 10.2. The van der Waals surface area contributed by atoms with Gasteiger partial charge in [0.1, 0.15) is 12.4 Å². The van der Waals surface area contributed by atoms with Gasteiger partial charge in [-0.15, -0.1) is 0 Å². The lowest BCUT2D eigenvalue weighted by Gasteiger charge is -2.09. The second-order valence-electron chi connectivity index (χ2n) is 3.72.